The Balaban J connectivity index is 1.42. The van der Waals surface area contributed by atoms with E-state index in [0.29, 0.717) is 5.03 Å². The van der Waals surface area contributed by atoms with Crippen molar-refractivity contribution in [1.29, 1.82) is 0 Å². The molecule has 0 bridgehead atoms. The summed E-state index contributed by atoms with van der Waals surface area (Å²) in [5, 5.41) is 0.307. The van der Waals surface area contributed by atoms with Crippen molar-refractivity contribution in [3.05, 3.63) is 24.4 Å². The number of hydrogen-bond donors (Lipinski definition) is 1. The SMILES string of the molecule is Cn1ccnc1N1CCC(NS(=O)(=O)c2cnc3n2CCC3)CC1. The number of aryl methyl sites for hydroxylation is 2. The first-order valence-corrected chi connectivity index (χ1v) is 9.82. The Morgan fingerprint density at radius 3 is 2.71 bits per heavy atom. The largest absolute Gasteiger partial charge is 0.342 e. The van der Waals surface area contributed by atoms with E-state index in [1.165, 1.54) is 6.20 Å². The second kappa shape index (κ2) is 5.89. The minimum absolute atomic E-state index is 0.0425. The fourth-order valence-corrected chi connectivity index (χ4v) is 5.06. The third-order valence-electron chi connectivity index (χ3n) is 4.85. The van der Waals surface area contributed by atoms with Gasteiger partial charge in [0.25, 0.3) is 10.0 Å². The Bertz CT molecular complexity index is 832. The zero-order chi connectivity index (χ0) is 16.7. The summed E-state index contributed by atoms with van der Waals surface area (Å²) < 4.78 is 32.0. The van der Waals surface area contributed by atoms with Gasteiger partial charge in [-0.15, -0.1) is 0 Å². The van der Waals surface area contributed by atoms with Crippen molar-refractivity contribution >= 4 is 16.0 Å². The molecule has 0 radical (unpaired) electrons. The van der Waals surface area contributed by atoms with E-state index in [9.17, 15) is 8.42 Å². The normalized spacial score (nSPS) is 19.0. The van der Waals surface area contributed by atoms with E-state index < -0.39 is 10.0 Å². The standard InChI is InChI=1S/C15H22N6O2S/c1-19-10-6-16-15(19)20-8-4-12(5-9-20)18-24(22,23)14-11-17-13-3-2-7-21(13)14/h6,10-12,18H,2-5,7-9H2,1H3. The van der Waals surface area contributed by atoms with Gasteiger partial charge in [-0.3, -0.25) is 0 Å². The molecule has 1 fully saturated rings. The molecule has 2 aliphatic rings. The van der Waals surface area contributed by atoms with E-state index in [2.05, 4.69) is 19.6 Å². The molecule has 0 saturated carbocycles. The zero-order valence-electron chi connectivity index (χ0n) is 13.7. The maximum Gasteiger partial charge on any atom is 0.258 e. The molecule has 9 heteroatoms. The predicted molar refractivity (Wildman–Crippen MR) is 89.3 cm³/mol. The number of anilines is 1. The van der Waals surface area contributed by atoms with Gasteiger partial charge < -0.3 is 14.0 Å². The lowest BCUT2D eigenvalue weighted by atomic mass is 10.1. The lowest BCUT2D eigenvalue weighted by molar-refractivity contribution is 0.452. The first-order chi connectivity index (χ1) is 11.5. The van der Waals surface area contributed by atoms with Crippen molar-refractivity contribution in [3.63, 3.8) is 0 Å². The van der Waals surface area contributed by atoms with Gasteiger partial charge in [0.1, 0.15) is 5.82 Å². The average molecular weight is 350 g/mol. The molecule has 0 aromatic carbocycles. The van der Waals surface area contributed by atoms with Crippen LogP contribution in [-0.2, 0) is 30.0 Å². The number of fused-ring (bicyclic) bond motifs is 1. The molecule has 0 spiro atoms. The Labute approximate surface area is 141 Å². The highest BCUT2D eigenvalue weighted by molar-refractivity contribution is 7.89. The molecule has 0 amide bonds. The van der Waals surface area contributed by atoms with Crippen LogP contribution in [0.15, 0.2) is 23.6 Å². The summed E-state index contributed by atoms with van der Waals surface area (Å²) in [6.45, 7) is 2.33. The molecule has 1 saturated heterocycles. The van der Waals surface area contributed by atoms with Gasteiger partial charge in [0.15, 0.2) is 5.03 Å². The van der Waals surface area contributed by atoms with Crippen LogP contribution in [0.5, 0.6) is 0 Å². The Morgan fingerprint density at radius 1 is 1.21 bits per heavy atom. The van der Waals surface area contributed by atoms with E-state index in [1.807, 2.05) is 22.4 Å². The second-order valence-electron chi connectivity index (χ2n) is 6.49. The maximum atomic E-state index is 12.7. The molecule has 4 heterocycles. The third kappa shape index (κ3) is 2.71. The highest BCUT2D eigenvalue weighted by Gasteiger charge is 2.29. The van der Waals surface area contributed by atoms with Gasteiger partial charge in [0.05, 0.1) is 6.20 Å². The number of nitrogens with one attached hydrogen (secondary N) is 1. The number of sulfonamides is 1. The number of aromatic nitrogens is 4. The van der Waals surface area contributed by atoms with Gasteiger partial charge >= 0.3 is 0 Å². The fraction of sp³-hybridized carbons (Fsp3) is 0.600. The number of piperidine rings is 1. The van der Waals surface area contributed by atoms with Gasteiger partial charge in [-0.25, -0.2) is 23.1 Å². The van der Waals surface area contributed by atoms with Crippen LogP contribution in [0.2, 0.25) is 0 Å². The van der Waals surface area contributed by atoms with Crippen LogP contribution in [-0.4, -0.2) is 46.7 Å². The molecule has 0 unspecified atom stereocenters. The van der Waals surface area contributed by atoms with Crippen molar-refractivity contribution < 1.29 is 8.42 Å². The second-order valence-corrected chi connectivity index (χ2v) is 8.15. The van der Waals surface area contributed by atoms with Crippen LogP contribution >= 0.6 is 0 Å². The Morgan fingerprint density at radius 2 is 2.00 bits per heavy atom. The molecule has 130 valence electrons. The van der Waals surface area contributed by atoms with E-state index in [0.717, 1.165) is 57.1 Å². The summed E-state index contributed by atoms with van der Waals surface area (Å²) in [7, 11) is -1.54. The van der Waals surface area contributed by atoms with Crippen molar-refractivity contribution in [3.8, 4) is 0 Å². The molecule has 4 rings (SSSR count). The van der Waals surface area contributed by atoms with E-state index >= 15 is 0 Å². The van der Waals surface area contributed by atoms with Crippen molar-refractivity contribution in [2.45, 2.75) is 43.3 Å². The summed E-state index contributed by atoms with van der Waals surface area (Å²) in [4.78, 5) is 10.8. The molecule has 2 aliphatic heterocycles. The van der Waals surface area contributed by atoms with Crippen LogP contribution in [0.3, 0.4) is 0 Å². The van der Waals surface area contributed by atoms with Crippen LogP contribution < -0.4 is 9.62 Å². The first kappa shape index (κ1) is 15.6. The minimum atomic E-state index is -3.51. The van der Waals surface area contributed by atoms with Crippen LogP contribution in [0.25, 0.3) is 0 Å². The van der Waals surface area contributed by atoms with Crippen LogP contribution in [0, 0.1) is 0 Å². The predicted octanol–water partition coefficient (Wildman–Crippen LogP) is 0.510. The van der Waals surface area contributed by atoms with E-state index in [4.69, 9.17) is 0 Å². The Kier molecular flexibility index (Phi) is 3.84. The Hall–Kier alpha value is -1.87. The van der Waals surface area contributed by atoms with E-state index in [-0.39, 0.29) is 6.04 Å². The molecule has 0 aliphatic carbocycles. The van der Waals surface area contributed by atoms with Crippen molar-refractivity contribution in [2.75, 3.05) is 18.0 Å². The molecule has 0 atom stereocenters. The van der Waals surface area contributed by atoms with Crippen LogP contribution in [0.1, 0.15) is 25.1 Å². The molecule has 2 aromatic rings. The minimum Gasteiger partial charge on any atom is -0.342 e. The summed E-state index contributed by atoms with van der Waals surface area (Å²) in [5.41, 5.74) is 0. The monoisotopic (exact) mass is 350 g/mol. The fourth-order valence-electron chi connectivity index (χ4n) is 3.58. The summed E-state index contributed by atoms with van der Waals surface area (Å²) in [5.74, 6) is 1.81. The zero-order valence-corrected chi connectivity index (χ0v) is 14.5. The lowest BCUT2D eigenvalue weighted by Crippen LogP contribution is -2.45. The number of rotatable bonds is 4. The molecular weight excluding hydrogens is 328 g/mol. The summed E-state index contributed by atoms with van der Waals surface area (Å²) in [6, 6.07) is -0.0425. The quantitative estimate of drug-likeness (QED) is 0.868. The van der Waals surface area contributed by atoms with Gasteiger partial charge in [0.2, 0.25) is 5.95 Å². The maximum absolute atomic E-state index is 12.7. The summed E-state index contributed by atoms with van der Waals surface area (Å²) in [6.07, 6.45) is 8.56. The van der Waals surface area contributed by atoms with Gasteiger partial charge in [-0.2, -0.15) is 0 Å². The van der Waals surface area contributed by atoms with Crippen molar-refractivity contribution in [1.82, 2.24) is 23.8 Å². The highest BCUT2D eigenvalue weighted by atomic mass is 32.2. The molecule has 1 N–H and O–H groups in total. The average Bonchev–Trinajstić information content (AvgIpc) is 3.23. The van der Waals surface area contributed by atoms with Crippen LogP contribution in [0.4, 0.5) is 5.95 Å². The molecule has 24 heavy (non-hydrogen) atoms. The lowest BCUT2D eigenvalue weighted by Gasteiger charge is -2.32. The number of nitrogens with zero attached hydrogens (tertiary/aromatic N) is 5. The molecule has 8 nitrogen and oxygen atoms in total. The smallest absolute Gasteiger partial charge is 0.258 e. The highest BCUT2D eigenvalue weighted by Crippen LogP contribution is 2.22. The topological polar surface area (TPSA) is 85.1 Å². The van der Waals surface area contributed by atoms with Crippen molar-refractivity contribution in [2.24, 2.45) is 7.05 Å². The molecule has 2 aromatic heterocycles. The number of imidazole rings is 2. The summed E-state index contributed by atoms with van der Waals surface area (Å²) >= 11 is 0. The molecular formula is C15H22N6O2S. The van der Waals surface area contributed by atoms with Gasteiger partial charge in [-0.05, 0) is 19.3 Å². The third-order valence-corrected chi connectivity index (χ3v) is 6.37. The van der Waals surface area contributed by atoms with Gasteiger partial charge in [-0.1, -0.05) is 0 Å². The van der Waals surface area contributed by atoms with E-state index in [1.54, 1.807) is 6.20 Å². The first-order valence-electron chi connectivity index (χ1n) is 8.33. The van der Waals surface area contributed by atoms with Gasteiger partial charge in [0, 0.05) is 51.5 Å². The number of hydrogen-bond acceptors (Lipinski definition) is 5.